The molecule has 3 N–H and O–H groups in total. The van der Waals surface area contributed by atoms with Crippen LogP contribution in [0.5, 0.6) is 0 Å². The molecule has 1 aliphatic rings. The Balaban J connectivity index is 0.000000360. The fourth-order valence-corrected chi connectivity index (χ4v) is 1.52. The maximum absolute atomic E-state index is 11.4. The van der Waals surface area contributed by atoms with Crippen LogP contribution in [0, 0.1) is 5.92 Å². The highest BCUT2D eigenvalue weighted by Crippen LogP contribution is 2.04. The van der Waals surface area contributed by atoms with Crippen LogP contribution in [0.15, 0.2) is 0 Å². The van der Waals surface area contributed by atoms with Crippen molar-refractivity contribution in [1.29, 1.82) is 0 Å². The molecule has 0 saturated carbocycles. The minimum absolute atomic E-state index is 0.0590. The Morgan fingerprint density at radius 1 is 1.33 bits per heavy atom. The van der Waals surface area contributed by atoms with Crippen LogP contribution < -0.4 is 5.32 Å². The lowest BCUT2D eigenvalue weighted by atomic mass is 10.1. The second kappa shape index (κ2) is 8.45. The minimum atomic E-state index is -0.700. The molecule has 0 unspecified atom stereocenters. The molecule has 0 radical (unpaired) electrons. The summed E-state index contributed by atoms with van der Waals surface area (Å²) in [6.45, 7) is 10.9. The largest absolute Gasteiger partial charge is 0.396 e. The first-order valence-corrected chi connectivity index (χ1v) is 6.60. The van der Waals surface area contributed by atoms with Gasteiger partial charge in [0.2, 0.25) is 5.91 Å². The number of aliphatic hydroxyl groups is 2. The summed E-state index contributed by atoms with van der Waals surface area (Å²) in [5.41, 5.74) is -0.700. The van der Waals surface area contributed by atoms with Crippen LogP contribution in [0.1, 0.15) is 34.1 Å². The van der Waals surface area contributed by atoms with Crippen LogP contribution in [0.25, 0.3) is 0 Å². The molecule has 0 bridgehead atoms. The molecular weight excluding hydrogens is 232 g/mol. The van der Waals surface area contributed by atoms with E-state index in [2.05, 4.69) is 5.32 Å². The van der Waals surface area contributed by atoms with Gasteiger partial charge < -0.3 is 20.4 Å². The van der Waals surface area contributed by atoms with Crippen LogP contribution in [0.4, 0.5) is 0 Å². The Morgan fingerprint density at radius 3 is 2.11 bits per heavy atom. The topological polar surface area (TPSA) is 72.8 Å². The maximum Gasteiger partial charge on any atom is 0.225 e. The van der Waals surface area contributed by atoms with E-state index in [1.807, 2.05) is 18.7 Å². The Morgan fingerprint density at radius 2 is 1.83 bits per heavy atom. The standard InChI is InChI=1S/C8H16N2O.C5H12O2/c1-7(2)8(11)10-5-3-9-4-6-10;1-5(2,7)3-4-6/h7,9H,3-6H2,1-2H3;6-7H,3-4H2,1-2H3. The smallest absolute Gasteiger partial charge is 0.225 e. The molecule has 1 fully saturated rings. The molecule has 1 aliphatic heterocycles. The third-order valence-electron chi connectivity index (χ3n) is 2.65. The van der Waals surface area contributed by atoms with Crippen LogP contribution in [0.2, 0.25) is 0 Å². The van der Waals surface area contributed by atoms with E-state index >= 15 is 0 Å². The van der Waals surface area contributed by atoms with Gasteiger partial charge in [0.15, 0.2) is 0 Å². The van der Waals surface area contributed by atoms with E-state index in [0.717, 1.165) is 26.2 Å². The van der Waals surface area contributed by atoms with Gasteiger partial charge in [-0.25, -0.2) is 0 Å². The van der Waals surface area contributed by atoms with E-state index in [1.54, 1.807) is 13.8 Å². The Labute approximate surface area is 110 Å². The second-order valence-electron chi connectivity index (χ2n) is 5.52. The molecule has 0 spiro atoms. The van der Waals surface area contributed by atoms with Crippen molar-refractivity contribution in [2.45, 2.75) is 39.7 Å². The number of carbonyl (C=O) groups excluding carboxylic acids is 1. The highest BCUT2D eigenvalue weighted by molar-refractivity contribution is 5.78. The van der Waals surface area contributed by atoms with Crippen molar-refractivity contribution in [3.8, 4) is 0 Å². The van der Waals surface area contributed by atoms with E-state index in [4.69, 9.17) is 10.2 Å². The monoisotopic (exact) mass is 260 g/mol. The molecule has 1 saturated heterocycles. The first-order chi connectivity index (χ1) is 8.28. The summed E-state index contributed by atoms with van der Waals surface area (Å²) in [4.78, 5) is 13.3. The normalized spacial score (nSPS) is 16.3. The summed E-state index contributed by atoms with van der Waals surface area (Å²) >= 11 is 0. The molecule has 108 valence electrons. The number of nitrogens with one attached hydrogen (secondary N) is 1. The molecule has 18 heavy (non-hydrogen) atoms. The van der Waals surface area contributed by atoms with Crippen molar-refractivity contribution >= 4 is 5.91 Å². The fraction of sp³-hybridized carbons (Fsp3) is 0.923. The molecule has 1 heterocycles. The zero-order valence-corrected chi connectivity index (χ0v) is 12.1. The number of rotatable bonds is 3. The van der Waals surface area contributed by atoms with Crippen molar-refractivity contribution < 1.29 is 15.0 Å². The highest BCUT2D eigenvalue weighted by atomic mass is 16.3. The summed E-state index contributed by atoms with van der Waals surface area (Å²) in [5.74, 6) is 0.430. The molecule has 5 heteroatoms. The number of piperazine rings is 1. The van der Waals surface area contributed by atoms with Gasteiger partial charge in [0.25, 0.3) is 0 Å². The summed E-state index contributed by atoms with van der Waals surface area (Å²) in [6.07, 6.45) is 0.451. The van der Waals surface area contributed by atoms with Crippen molar-refractivity contribution in [2.75, 3.05) is 32.8 Å². The number of carbonyl (C=O) groups is 1. The summed E-state index contributed by atoms with van der Waals surface area (Å²) in [5, 5.41) is 20.3. The van der Waals surface area contributed by atoms with Crippen LogP contribution in [0.3, 0.4) is 0 Å². The van der Waals surface area contributed by atoms with Crippen molar-refractivity contribution in [2.24, 2.45) is 5.92 Å². The number of aliphatic hydroxyl groups excluding tert-OH is 1. The summed E-state index contributed by atoms with van der Waals surface area (Å²) in [7, 11) is 0. The molecule has 0 aromatic heterocycles. The number of hydrogen-bond donors (Lipinski definition) is 3. The molecule has 0 aliphatic carbocycles. The zero-order chi connectivity index (χ0) is 14.2. The van der Waals surface area contributed by atoms with Gasteiger partial charge >= 0.3 is 0 Å². The molecule has 0 aromatic carbocycles. The van der Waals surface area contributed by atoms with Gasteiger partial charge in [-0.3, -0.25) is 4.79 Å². The summed E-state index contributed by atoms with van der Waals surface area (Å²) < 4.78 is 0. The second-order valence-corrected chi connectivity index (χ2v) is 5.52. The quantitative estimate of drug-likeness (QED) is 0.678. The van der Waals surface area contributed by atoms with Crippen molar-refractivity contribution in [3.63, 3.8) is 0 Å². The lowest BCUT2D eigenvalue weighted by Gasteiger charge is -2.28. The summed E-state index contributed by atoms with van der Waals surface area (Å²) in [6, 6.07) is 0. The molecule has 5 nitrogen and oxygen atoms in total. The minimum Gasteiger partial charge on any atom is -0.396 e. The predicted molar refractivity (Wildman–Crippen MR) is 72.3 cm³/mol. The Hall–Kier alpha value is -0.650. The van der Waals surface area contributed by atoms with E-state index in [1.165, 1.54) is 0 Å². The van der Waals surface area contributed by atoms with E-state index in [-0.39, 0.29) is 18.4 Å². The highest BCUT2D eigenvalue weighted by Gasteiger charge is 2.18. The molecule has 1 rings (SSSR count). The van der Waals surface area contributed by atoms with Gasteiger partial charge in [0, 0.05) is 38.7 Å². The fourth-order valence-electron chi connectivity index (χ4n) is 1.52. The number of hydrogen-bond acceptors (Lipinski definition) is 4. The van der Waals surface area contributed by atoms with Crippen LogP contribution in [-0.4, -0.2) is 59.4 Å². The van der Waals surface area contributed by atoms with Gasteiger partial charge in [-0.2, -0.15) is 0 Å². The zero-order valence-electron chi connectivity index (χ0n) is 12.1. The third kappa shape index (κ3) is 8.44. The predicted octanol–water partition coefficient (Wildman–Crippen LogP) is 0.214. The van der Waals surface area contributed by atoms with Gasteiger partial charge in [0.05, 0.1) is 5.60 Å². The van der Waals surface area contributed by atoms with Gasteiger partial charge in [0.1, 0.15) is 0 Å². The molecular formula is C13H28N2O3. The SMILES string of the molecule is CC(C)(O)CCO.CC(C)C(=O)N1CCNCC1. The molecule has 0 atom stereocenters. The molecule has 0 aromatic rings. The first-order valence-electron chi connectivity index (χ1n) is 6.60. The first kappa shape index (κ1) is 17.4. The maximum atomic E-state index is 11.4. The van der Waals surface area contributed by atoms with Crippen LogP contribution >= 0.6 is 0 Å². The third-order valence-corrected chi connectivity index (χ3v) is 2.65. The van der Waals surface area contributed by atoms with Crippen molar-refractivity contribution in [1.82, 2.24) is 10.2 Å². The van der Waals surface area contributed by atoms with Gasteiger partial charge in [-0.15, -0.1) is 0 Å². The van der Waals surface area contributed by atoms with Crippen LogP contribution in [-0.2, 0) is 4.79 Å². The van der Waals surface area contributed by atoms with Crippen molar-refractivity contribution in [3.05, 3.63) is 0 Å². The average Bonchev–Trinajstić information content (AvgIpc) is 2.28. The number of amides is 1. The molecule has 1 amide bonds. The Kier molecular flexibility index (Phi) is 8.15. The number of nitrogens with zero attached hydrogens (tertiary/aromatic N) is 1. The van der Waals surface area contributed by atoms with Gasteiger partial charge in [-0.05, 0) is 20.3 Å². The Bertz CT molecular complexity index is 231. The van der Waals surface area contributed by atoms with E-state index in [0.29, 0.717) is 6.42 Å². The van der Waals surface area contributed by atoms with Gasteiger partial charge in [-0.1, -0.05) is 13.8 Å². The lowest BCUT2D eigenvalue weighted by molar-refractivity contribution is -0.135. The average molecular weight is 260 g/mol. The lowest BCUT2D eigenvalue weighted by Crippen LogP contribution is -2.47. The van der Waals surface area contributed by atoms with E-state index in [9.17, 15) is 4.79 Å². The van der Waals surface area contributed by atoms with E-state index < -0.39 is 5.60 Å².